The van der Waals surface area contributed by atoms with Gasteiger partial charge in [-0.05, 0) is 25.5 Å². The predicted octanol–water partition coefficient (Wildman–Crippen LogP) is 0.889. The van der Waals surface area contributed by atoms with Crippen LogP contribution < -0.4 is 10.0 Å². The Morgan fingerprint density at radius 3 is 2.81 bits per heavy atom. The molecular formula is C17H22N4O4S. The van der Waals surface area contributed by atoms with Crippen LogP contribution in [-0.2, 0) is 27.8 Å². The van der Waals surface area contributed by atoms with Crippen molar-refractivity contribution in [2.75, 3.05) is 19.7 Å². The summed E-state index contributed by atoms with van der Waals surface area (Å²) in [6, 6.07) is 6.65. The molecule has 0 bridgehead atoms. The highest BCUT2D eigenvalue weighted by molar-refractivity contribution is 7.89. The van der Waals surface area contributed by atoms with Gasteiger partial charge in [-0.2, -0.15) is 5.10 Å². The second kappa shape index (κ2) is 7.98. The van der Waals surface area contributed by atoms with E-state index in [-0.39, 0.29) is 17.3 Å². The number of ether oxygens (including phenoxy) is 1. The van der Waals surface area contributed by atoms with Gasteiger partial charge in [0.25, 0.3) is 5.91 Å². The lowest BCUT2D eigenvalue weighted by Gasteiger charge is -2.12. The molecule has 2 aromatic rings. The summed E-state index contributed by atoms with van der Waals surface area (Å²) in [5.74, 6) is -0.283. The van der Waals surface area contributed by atoms with Crippen molar-refractivity contribution >= 4 is 15.9 Å². The molecule has 0 saturated heterocycles. The summed E-state index contributed by atoms with van der Waals surface area (Å²) in [6.45, 7) is 3.48. The minimum atomic E-state index is -3.53. The molecule has 1 aliphatic rings. The molecule has 0 spiro atoms. The number of amides is 1. The van der Waals surface area contributed by atoms with Gasteiger partial charge in [0.15, 0.2) is 5.69 Å². The molecule has 0 unspecified atom stereocenters. The van der Waals surface area contributed by atoms with Crippen LogP contribution in [0.5, 0.6) is 0 Å². The quantitative estimate of drug-likeness (QED) is 0.619. The average Bonchev–Trinajstić information content (AvgIpc) is 3.06. The maximum absolute atomic E-state index is 12.2. The smallest absolute Gasteiger partial charge is 0.272 e. The third kappa shape index (κ3) is 4.29. The number of nitrogens with one attached hydrogen (secondary N) is 3. The Bertz CT molecular complexity index is 875. The first-order valence-electron chi connectivity index (χ1n) is 8.46. The fourth-order valence-corrected chi connectivity index (χ4v) is 3.76. The fourth-order valence-electron chi connectivity index (χ4n) is 2.68. The largest absolute Gasteiger partial charge is 0.376 e. The number of fused-ring (bicyclic) bond motifs is 1. The van der Waals surface area contributed by atoms with Crippen LogP contribution in [-0.4, -0.2) is 44.2 Å². The number of aryl methyl sites for hydroxylation is 1. The number of hydrogen-bond donors (Lipinski definition) is 3. The van der Waals surface area contributed by atoms with E-state index in [4.69, 9.17) is 4.74 Å². The molecule has 0 atom stereocenters. The zero-order valence-corrected chi connectivity index (χ0v) is 15.4. The highest BCUT2D eigenvalue weighted by Gasteiger charge is 2.21. The number of H-pyrrole nitrogens is 1. The molecule has 3 N–H and O–H groups in total. The topological polar surface area (TPSA) is 113 Å². The van der Waals surface area contributed by atoms with Crippen molar-refractivity contribution < 1.29 is 17.9 Å². The van der Waals surface area contributed by atoms with Gasteiger partial charge >= 0.3 is 0 Å². The van der Waals surface area contributed by atoms with Gasteiger partial charge < -0.3 is 10.1 Å². The minimum Gasteiger partial charge on any atom is -0.376 e. The molecule has 0 radical (unpaired) electrons. The summed E-state index contributed by atoms with van der Waals surface area (Å²) < 4.78 is 32.2. The Morgan fingerprint density at radius 2 is 2.04 bits per heavy atom. The third-order valence-corrected chi connectivity index (χ3v) is 5.65. The van der Waals surface area contributed by atoms with E-state index < -0.39 is 10.0 Å². The second-order valence-electron chi connectivity index (χ2n) is 6.15. The maximum Gasteiger partial charge on any atom is 0.272 e. The molecule has 26 heavy (non-hydrogen) atoms. The molecule has 3 rings (SSSR count). The van der Waals surface area contributed by atoms with Crippen molar-refractivity contribution in [2.45, 2.75) is 31.3 Å². The molecular weight excluding hydrogens is 356 g/mol. The Labute approximate surface area is 152 Å². The van der Waals surface area contributed by atoms with E-state index in [0.29, 0.717) is 31.9 Å². The Balaban J connectivity index is 1.45. The SMILES string of the molecule is Cc1ccc(S(=O)(=O)NCCCNC(=O)c2n[nH]c3c2COCC3)cc1. The Hall–Kier alpha value is -2.23. The van der Waals surface area contributed by atoms with E-state index in [1.54, 1.807) is 24.3 Å². The first kappa shape index (κ1) is 18.6. The standard InChI is InChI=1S/C17H22N4O4S/c1-12-3-5-13(6-4-12)26(23,24)19-9-2-8-18-17(22)16-14-11-25-10-7-15(14)20-21-16/h3-6,19H,2,7-11H2,1H3,(H,18,22)(H,20,21). The summed E-state index contributed by atoms with van der Waals surface area (Å²) in [4.78, 5) is 12.4. The van der Waals surface area contributed by atoms with Crippen LogP contribution in [0.3, 0.4) is 0 Å². The van der Waals surface area contributed by atoms with Gasteiger partial charge in [-0.1, -0.05) is 17.7 Å². The van der Waals surface area contributed by atoms with Crippen molar-refractivity contribution in [1.82, 2.24) is 20.2 Å². The molecule has 0 saturated carbocycles. The fraction of sp³-hybridized carbons (Fsp3) is 0.412. The van der Waals surface area contributed by atoms with E-state index in [1.165, 1.54) is 0 Å². The van der Waals surface area contributed by atoms with Crippen molar-refractivity contribution in [2.24, 2.45) is 0 Å². The summed E-state index contributed by atoms with van der Waals surface area (Å²) in [5, 5.41) is 9.68. The molecule has 8 nitrogen and oxygen atoms in total. The molecule has 1 aliphatic heterocycles. The van der Waals surface area contributed by atoms with E-state index >= 15 is 0 Å². The molecule has 140 valence electrons. The van der Waals surface area contributed by atoms with Gasteiger partial charge in [-0.25, -0.2) is 13.1 Å². The average molecular weight is 378 g/mol. The lowest BCUT2D eigenvalue weighted by molar-refractivity contribution is 0.0925. The zero-order chi connectivity index (χ0) is 18.6. The number of carbonyl (C=O) groups is 1. The van der Waals surface area contributed by atoms with Crippen molar-refractivity contribution in [3.05, 3.63) is 46.8 Å². The van der Waals surface area contributed by atoms with Crippen molar-refractivity contribution in [3.63, 3.8) is 0 Å². The van der Waals surface area contributed by atoms with Crippen LogP contribution >= 0.6 is 0 Å². The molecule has 9 heteroatoms. The first-order chi connectivity index (χ1) is 12.5. The predicted molar refractivity (Wildman–Crippen MR) is 95.3 cm³/mol. The number of aromatic amines is 1. The Kier molecular flexibility index (Phi) is 5.70. The van der Waals surface area contributed by atoms with Gasteiger partial charge in [0.05, 0.1) is 18.1 Å². The molecule has 0 aliphatic carbocycles. The van der Waals surface area contributed by atoms with Crippen LogP contribution in [0, 0.1) is 6.92 Å². The van der Waals surface area contributed by atoms with Crippen LogP contribution in [0.4, 0.5) is 0 Å². The molecule has 0 fully saturated rings. The molecule has 1 aromatic heterocycles. The van der Waals surface area contributed by atoms with Crippen molar-refractivity contribution in [1.29, 1.82) is 0 Å². The zero-order valence-electron chi connectivity index (χ0n) is 14.5. The van der Waals surface area contributed by atoms with Crippen LogP contribution in [0.2, 0.25) is 0 Å². The van der Waals surface area contributed by atoms with Crippen molar-refractivity contribution in [3.8, 4) is 0 Å². The molecule has 2 heterocycles. The monoisotopic (exact) mass is 378 g/mol. The number of nitrogens with zero attached hydrogens (tertiary/aromatic N) is 1. The van der Waals surface area contributed by atoms with Gasteiger partial charge in [0.2, 0.25) is 10.0 Å². The highest BCUT2D eigenvalue weighted by Crippen LogP contribution is 2.17. The first-order valence-corrected chi connectivity index (χ1v) is 9.94. The number of rotatable bonds is 7. The van der Waals surface area contributed by atoms with Gasteiger partial charge in [0.1, 0.15) is 0 Å². The van der Waals surface area contributed by atoms with E-state index in [1.807, 2.05) is 6.92 Å². The maximum atomic E-state index is 12.2. The van der Waals surface area contributed by atoms with Crippen LogP contribution in [0.25, 0.3) is 0 Å². The number of benzene rings is 1. The molecule has 1 amide bonds. The minimum absolute atomic E-state index is 0.232. The number of aromatic nitrogens is 2. The van der Waals surface area contributed by atoms with E-state index in [9.17, 15) is 13.2 Å². The Morgan fingerprint density at radius 1 is 1.27 bits per heavy atom. The van der Waals surface area contributed by atoms with Gasteiger partial charge in [0, 0.05) is 30.8 Å². The van der Waals surface area contributed by atoms with Crippen LogP contribution in [0.15, 0.2) is 29.2 Å². The number of carbonyl (C=O) groups excluding carboxylic acids is 1. The summed E-state index contributed by atoms with van der Waals surface area (Å²) in [6.07, 6.45) is 1.19. The van der Waals surface area contributed by atoms with Gasteiger partial charge in [-0.3, -0.25) is 9.89 Å². The number of hydrogen-bond acceptors (Lipinski definition) is 5. The molecule has 1 aromatic carbocycles. The lowest BCUT2D eigenvalue weighted by Crippen LogP contribution is -2.30. The third-order valence-electron chi connectivity index (χ3n) is 4.17. The number of sulfonamides is 1. The van der Waals surface area contributed by atoms with E-state index in [0.717, 1.165) is 23.2 Å². The highest BCUT2D eigenvalue weighted by atomic mass is 32.2. The summed E-state index contributed by atoms with van der Waals surface area (Å²) in [7, 11) is -3.53. The van der Waals surface area contributed by atoms with Crippen LogP contribution in [0.1, 0.15) is 33.7 Å². The van der Waals surface area contributed by atoms with E-state index in [2.05, 4.69) is 20.2 Å². The second-order valence-corrected chi connectivity index (χ2v) is 7.92. The van der Waals surface area contributed by atoms with Gasteiger partial charge in [-0.15, -0.1) is 0 Å². The lowest BCUT2D eigenvalue weighted by atomic mass is 10.1. The summed E-state index contributed by atoms with van der Waals surface area (Å²) >= 11 is 0. The summed E-state index contributed by atoms with van der Waals surface area (Å²) in [5.41, 5.74) is 3.08. The normalized spacial score (nSPS) is 14.0.